The summed E-state index contributed by atoms with van der Waals surface area (Å²) in [6, 6.07) is 5.03. The second-order valence-electron chi connectivity index (χ2n) is 5.10. The maximum Gasteiger partial charge on any atom is 0.242 e. The molecule has 2 heterocycles. The first-order valence-corrected chi connectivity index (χ1v) is 9.12. The van der Waals surface area contributed by atoms with Crippen molar-refractivity contribution >= 4 is 21.4 Å². The van der Waals surface area contributed by atoms with Gasteiger partial charge in [0.05, 0.1) is 17.2 Å². The maximum atomic E-state index is 12.5. The molecule has 0 radical (unpaired) electrons. The summed E-state index contributed by atoms with van der Waals surface area (Å²) >= 11 is 1.44. The molecule has 0 aliphatic rings. The average molecular weight is 328 g/mol. The molecule has 1 atom stereocenters. The SMILES string of the molecule is CC(C)NCc1sccc1S(=O)(=O)NC(C)c1ccco1. The Labute approximate surface area is 129 Å². The van der Waals surface area contributed by atoms with E-state index < -0.39 is 16.1 Å². The Morgan fingerprint density at radius 1 is 1.29 bits per heavy atom. The van der Waals surface area contributed by atoms with Crippen LogP contribution in [0.3, 0.4) is 0 Å². The molecular formula is C14H20N2O3S2. The van der Waals surface area contributed by atoms with E-state index in [0.29, 0.717) is 23.2 Å². The minimum absolute atomic E-state index is 0.303. The third-order valence-electron chi connectivity index (χ3n) is 2.97. The molecular weight excluding hydrogens is 308 g/mol. The van der Waals surface area contributed by atoms with Crippen LogP contribution in [0.1, 0.15) is 37.5 Å². The predicted molar refractivity (Wildman–Crippen MR) is 83.7 cm³/mol. The van der Waals surface area contributed by atoms with E-state index in [-0.39, 0.29) is 0 Å². The molecule has 7 heteroatoms. The van der Waals surface area contributed by atoms with Crippen LogP contribution in [0.5, 0.6) is 0 Å². The highest BCUT2D eigenvalue weighted by atomic mass is 32.2. The number of rotatable bonds is 7. The highest BCUT2D eigenvalue weighted by Gasteiger charge is 2.23. The molecule has 0 spiro atoms. The first-order valence-electron chi connectivity index (χ1n) is 6.75. The lowest BCUT2D eigenvalue weighted by molar-refractivity contribution is 0.459. The number of nitrogens with one attached hydrogen (secondary N) is 2. The summed E-state index contributed by atoms with van der Waals surface area (Å²) in [5, 5.41) is 5.04. The fourth-order valence-electron chi connectivity index (χ4n) is 1.89. The molecule has 5 nitrogen and oxygen atoms in total. The van der Waals surface area contributed by atoms with Gasteiger partial charge in [0.25, 0.3) is 0 Å². The predicted octanol–water partition coefficient (Wildman–Crippen LogP) is 2.88. The summed E-state index contributed by atoms with van der Waals surface area (Å²) in [6.45, 7) is 6.35. The van der Waals surface area contributed by atoms with Crippen LogP contribution in [0, 0.1) is 0 Å². The molecule has 0 saturated carbocycles. The van der Waals surface area contributed by atoms with Gasteiger partial charge in [-0.05, 0) is 30.5 Å². The van der Waals surface area contributed by atoms with Crippen molar-refractivity contribution in [2.75, 3.05) is 0 Å². The zero-order chi connectivity index (χ0) is 15.5. The number of hydrogen-bond acceptors (Lipinski definition) is 5. The summed E-state index contributed by atoms with van der Waals surface area (Å²) in [6.07, 6.45) is 1.53. The van der Waals surface area contributed by atoms with Crippen LogP contribution < -0.4 is 10.0 Å². The van der Waals surface area contributed by atoms with Gasteiger partial charge in [-0.3, -0.25) is 0 Å². The lowest BCUT2D eigenvalue weighted by atomic mass is 10.3. The smallest absolute Gasteiger partial charge is 0.242 e. The van der Waals surface area contributed by atoms with E-state index in [9.17, 15) is 8.42 Å². The van der Waals surface area contributed by atoms with Gasteiger partial charge < -0.3 is 9.73 Å². The fraction of sp³-hybridized carbons (Fsp3) is 0.429. The summed E-state index contributed by atoms with van der Waals surface area (Å²) in [5.74, 6) is 0.593. The Hall–Kier alpha value is -1.15. The van der Waals surface area contributed by atoms with Crippen molar-refractivity contribution < 1.29 is 12.8 Å². The van der Waals surface area contributed by atoms with Crippen molar-refractivity contribution in [2.24, 2.45) is 0 Å². The third kappa shape index (κ3) is 4.16. The van der Waals surface area contributed by atoms with E-state index >= 15 is 0 Å². The summed E-state index contributed by atoms with van der Waals surface area (Å²) in [5.41, 5.74) is 0. The third-order valence-corrected chi connectivity index (χ3v) is 5.64. The van der Waals surface area contributed by atoms with Crippen LogP contribution >= 0.6 is 11.3 Å². The minimum Gasteiger partial charge on any atom is -0.468 e. The van der Waals surface area contributed by atoms with Crippen LogP contribution in [-0.4, -0.2) is 14.5 Å². The molecule has 0 saturated heterocycles. The van der Waals surface area contributed by atoms with E-state index in [4.69, 9.17) is 4.42 Å². The first-order chi connectivity index (χ1) is 9.90. The molecule has 0 amide bonds. The van der Waals surface area contributed by atoms with E-state index in [1.54, 1.807) is 30.5 Å². The maximum absolute atomic E-state index is 12.5. The Balaban J connectivity index is 2.14. The number of sulfonamides is 1. The van der Waals surface area contributed by atoms with E-state index in [1.165, 1.54) is 17.6 Å². The fourth-order valence-corrected chi connectivity index (χ4v) is 4.49. The zero-order valence-electron chi connectivity index (χ0n) is 12.3. The van der Waals surface area contributed by atoms with Crippen molar-refractivity contribution in [1.29, 1.82) is 0 Å². The summed E-state index contributed by atoms with van der Waals surface area (Å²) in [4.78, 5) is 1.14. The molecule has 0 aliphatic carbocycles. The summed E-state index contributed by atoms with van der Waals surface area (Å²) < 4.78 is 32.9. The van der Waals surface area contributed by atoms with E-state index in [1.807, 2.05) is 13.8 Å². The summed E-state index contributed by atoms with van der Waals surface area (Å²) in [7, 11) is -3.56. The molecule has 0 aliphatic heterocycles. The van der Waals surface area contributed by atoms with Crippen molar-refractivity contribution in [1.82, 2.24) is 10.0 Å². The van der Waals surface area contributed by atoms with Gasteiger partial charge in [0, 0.05) is 17.5 Å². The largest absolute Gasteiger partial charge is 0.468 e. The molecule has 2 rings (SSSR count). The second kappa shape index (κ2) is 6.74. The van der Waals surface area contributed by atoms with Crippen molar-refractivity contribution in [3.05, 3.63) is 40.5 Å². The van der Waals surface area contributed by atoms with Crippen molar-refractivity contribution in [2.45, 2.75) is 44.3 Å². The molecule has 0 fully saturated rings. The standard InChI is InChI=1S/C14H20N2O3S2/c1-10(2)15-9-13-14(6-8-20-13)21(17,18)16-11(3)12-5-4-7-19-12/h4-8,10-11,15-16H,9H2,1-3H3. The molecule has 2 aromatic rings. The van der Waals surface area contributed by atoms with Crippen LogP contribution in [-0.2, 0) is 16.6 Å². The van der Waals surface area contributed by atoms with Crippen LogP contribution in [0.15, 0.2) is 39.2 Å². The Bertz CT molecular complexity index is 660. The van der Waals surface area contributed by atoms with Gasteiger partial charge in [-0.25, -0.2) is 13.1 Å². The highest BCUT2D eigenvalue weighted by Crippen LogP contribution is 2.24. The monoisotopic (exact) mass is 328 g/mol. The van der Waals surface area contributed by atoms with Gasteiger partial charge in [-0.15, -0.1) is 11.3 Å². The van der Waals surface area contributed by atoms with Gasteiger partial charge in [0.1, 0.15) is 5.76 Å². The van der Waals surface area contributed by atoms with Crippen molar-refractivity contribution in [3.63, 3.8) is 0 Å². The van der Waals surface area contributed by atoms with Gasteiger partial charge in [-0.1, -0.05) is 13.8 Å². The van der Waals surface area contributed by atoms with E-state index in [0.717, 1.165) is 4.88 Å². The highest BCUT2D eigenvalue weighted by molar-refractivity contribution is 7.89. The molecule has 116 valence electrons. The van der Waals surface area contributed by atoms with Crippen LogP contribution in [0.25, 0.3) is 0 Å². The average Bonchev–Trinajstić information content (AvgIpc) is 3.07. The van der Waals surface area contributed by atoms with Crippen LogP contribution in [0.2, 0.25) is 0 Å². The molecule has 2 N–H and O–H groups in total. The lowest BCUT2D eigenvalue weighted by Crippen LogP contribution is -2.28. The van der Waals surface area contributed by atoms with Gasteiger partial charge in [0.15, 0.2) is 0 Å². The molecule has 0 aromatic carbocycles. The lowest BCUT2D eigenvalue weighted by Gasteiger charge is -2.13. The molecule has 21 heavy (non-hydrogen) atoms. The van der Waals surface area contributed by atoms with Crippen LogP contribution in [0.4, 0.5) is 0 Å². The topological polar surface area (TPSA) is 71.3 Å². The van der Waals surface area contributed by atoms with Gasteiger partial charge >= 0.3 is 0 Å². The Morgan fingerprint density at radius 3 is 2.67 bits per heavy atom. The number of hydrogen-bond donors (Lipinski definition) is 2. The zero-order valence-corrected chi connectivity index (χ0v) is 13.9. The molecule has 1 unspecified atom stereocenters. The van der Waals surface area contributed by atoms with Gasteiger partial charge in [-0.2, -0.15) is 0 Å². The normalized spacial score (nSPS) is 13.7. The second-order valence-corrected chi connectivity index (χ2v) is 7.79. The van der Waals surface area contributed by atoms with E-state index in [2.05, 4.69) is 10.0 Å². The molecule has 2 aromatic heterocycles. The Morgan fingerprint density at radius 2 is 2.05 bits per heavy atom. The van der Waals surface area contributed by atoms with Crippen molar-refractivity contribution in [3.8, 4) is 0 Å². The van der Waals surface area contributed by atoms with Gasteiger partial charge in [0.2, 0.25) is 10.0 Å². The number of thiophene rings is 1. The minimum atomic E-state index is -3.56. The Kier molecular flexibility index (Phi) is 5.21. The number of furan rings is 1. The quantitative estimate of drug-likeness (QED) is 0.820. The molecule has 0 bridgehead atoms. The first kappa shape index (κ1) is 16.2.